The van der Waals surface area contributed by atoms with Crippen LogP contribution in [0.4, 0.5) is 4.79 Å². The monoisotopic (exact) mass is 284 g/mol. The molecule has 2 atom stereocenters. The predicted molar refractivity (Wildman–Crippen MR) is 78.5 cm³/mol. The number of aliphatic carboxylic acids is 1. The molecule has 116 valence electrons. The Labute approximate surface area is 121 Å². The number of carboxylic acid groups (broad SMARTS) is 1. The fourth-order valence-electron chi connectivity index (χ4n) is 2.70. The van der Waals surface area contributed by atoms with Crippen LogP contribution < -0.4 is 10.6 Å². The van der Waals surface area contributed by atoms with E-state index < -0.39 is 5.97 Å². The fourth-order valence-corrected chi connectivity index (χ4v) is 2.70. The summed E-state index contributed by atoms with van der Waals surface area (Å²) in [6.45, 7) is 6.58. The Morgan fingerprint density at radius 3 is 2.35 bits per heavy atom. The first kappa shape index (κ1) is 16.8. The summed E-state index contributed by atoms with van der Waals surface area (Å²) in [4.78, 5) is 22.6. The topological polar surface area (TPSA) is 78.4 Å². The molecule has 0 bridgehead atoms. The second-order valence-electron chi connectivity index (χ2n) is 6.43. The van der Waals surface area contributed by atoms with Gasteiger partial charge in [-0.3, -0.25) is 4.79 Å². The van der Waals surface area contributed by atoms with E-state index in [1.54, 1.807) is 0 Å². The maximum Gasteiger partial charge on any atom is 0.315 e. The average Bonchev–Trinajstić information content (AvgIpc) is 2.21. The number of rotatable bonds is 8. The summed E-state index contributed by atoms with van der Waals surface area (Å²) >= 11 is 0. The molecule has 1 unspecified atom stereocenters. The lowest BCUT2D eigenvalue weighted by molar-refractivity contribution is -0.138. The summed E-state index contributed by atoms with van der Waals surface area (Å²) in [5.74, 6) is 0.224. The second-order valence-corrected chi connectivity index (χ2v) is 6.43. The van der Waals surface area contributed by atoms with Gasteiger partial charge < -0.3 is 15.7 Å². The molecule has 0 spiro atoms. The summed E-state index contributed by atoms with van der Waals surface area (Å²) in [6.07, 6.45) is 4.56. The molecule has 3 N–H and O–H groups in total. The van der Waals surface area contributed by atoms with Crippen molar-refractivity contribution in [2.75, 3.05) is 6.54 Å². The van der Waals surface area contributed by atoms with Crippen molar-refractivity contribution in [2.24, 2.45) is 17.8 Å². The van der Waals surface area contributed by atoms with Gasteiger partial charge in [0.25, 0.3) is 0 Å². The molecule has 5 heteroatoms. The van der Waals surface area contributed by atoms with E-state index in [1.807, 2.05) is 6.92 Å². The molecule has 1 aliphatic carbocycles. The zero-order chi connectivity index (χ0) is 15.1. The van der Waals surface area contributed by atoms with Gasteiger partial charge in [0, 0.05) is 19.0 Å². The van der Waals surface area contributed by atoms with Gasteiger partial charge in [0.15, 0.2) is 0 Å². The van der Waals surface area contributed by atoms with E-state index in [0.29, 0.717) is 18.4 Å². The minimum absolute atomic E-state index is 0.00254. The summed E-state index contributed by atoms with van der Waals surface area (Å²) in [7, 11) is 0. The van der Waals surface area contributed by atoms with Crippen molar-refractivity contribution in [1.29, 1.82) is 0 Å². The Morgan fingerprint density at radius 2 is 1.90 bits per heavy atom. The second kappa shape index (κ2) is 8.12. The molecule has 0 aromatic rings. The maximum atomic E-state index is 11.8. The lowest BCUT2D eigenvalue weighted by Crippen LogP contribution is -2.46. The maximum absolute atomic E-state index is 11.8. The summed E-state index contributed by atoms with van der Waals surface area (Å²) in [6, 6.07) is 0.0234. The van der Waals surface area contributed by atoms with Gasteiger partial charge in [0.1, 0.15) is 0 Å². The number of nitrogens with one attached hydrogen (secondary N) is 2. The van der Waals surface area contributed by atoms with Gasteiger partial charge in [0.2, 0.25) is 0 Å². The zero-order valence-electron chi connectivity index (χ0n) is 12.8. The van der Waals surface area contributed by atoms with E-state index in [4.69, 9.17) is 5.11 Å². The molecule has 1 aliphatic rings. The first-order chi connectivity index (χ1) is 9.38. The SMILES string of the molecule is CC(C)C[C@H](CNC(=O)NC(C)C1CCC1)CC(=O)O. The smallest absolute Gasteiger partial charge is 0.315 e. The number of amides is 2. The Hall–Kier alpha value is -1.26. The molecule has 0 aromatic carbocycles. The molecule has 20 heavy (non-hydrogen) atoms. The first-order valence-electron chi connectivity index (χ1n) is 7.64. The van der Waals surface area contributed by atoms with Crippen LogP contribution in [0, 0.1) is 17.8 Å². The number of hydrogen-bond donors (Lipinski definition) is 3. The van der Waals surface area contributed by atoms with E-state index in [-0.39, 0.29) is 24.4 Å². The van der Waals surface area contributed by atoms with Crippen LogP contribution in [0.5, 0.6) is 0 Å². The third-order valence-electron chi connectivity index (χ3n) is 4.04. The third-order valence-corrected chi connectivity index (χ3v) is 4.04. The van der Waals surface area contributed by atoms with Crippen LogP contribution in [0.2, 0.25) is 0 Å². The van der Waals surface area contributed by atoms with E-state index >= 15 is 0 Å². The highest BCUT2D eigenvalue weighted by Crippen LogP contribution is 2.29. The Bertz CT molecular complexity index is 327. The number of carbonyl (C=O) groups is 2. The van der Waals surface area contributed by atoms with Crippen LogP contribution in [-0.2, 0) is 4.79 Å². The van der Waals surface area contributed by atoms with Gasteiger partial charge in [0.05, 0.1) is 0 Å². The minimum atomic E-state index is -0.805. The fraction of sp³-hybridized carbons (Fsp3) is 0.867. The Kier molecular flexibility index (Phi) is 6.82. The molecule has 1 saturated carbocycles. The van der Waals surface area contributed by atoms with Gasteiger partial charge in [-0.05, 0) is 43.9 Å². The van der Waals surface area contributed by atoms with Gasteiger partial charge >= 0.3 is 12.0 Å². The quantitative estimate of drug-likeness (QED) is 0.641. The molecule has 2 amide bonds. The zero-order valence-corrected chi connectivity index (χ0v) is 12.8. The van der Waals surface area contributed by atoms with Crippen molar-refractivity contribution < 1.29 is 14.7 Å². The highest BCUT2D eigenvalue weighted by Gasteiger charge is 2.25. The highest BCUT2D eigenvalue weighted by atomic mass is 16.4. The van der Waals surface area contributed by atoms with Crippen molar-refractivity contribution in [3.05, 3.63) is 0 Å². The summed E-state index contributed by atoms with van der Waals surface area (Å²) < 4.78 is 0. The number of hydrogen-bond acceptors (Lipinski definition) is 2. The van der Waals surface area contributed by atoms with Crippen molar-refractivity contribution in [1.82, 2.24) is 10.6 Å². The van der Waals surface area contributed by atoms with E-state index in [2.05, 4.69) is 24.5 Å². The molecule has 0 saturated heterocycles. The molecule has 1 fully saturated rings. The molecule has 1 rings (SSSR count). The lowest BCUT2D eigenvalue weighted by atomic mass is 9.80. The Balaban J connectivity index is 2.29. The highest BCUT2D eigenvalue weighted by molar-refractivity contribution is 5.74. The van der Waals surface area contributed by atoms with Gasteiger partial charge in [-0.1, -0.05) is 20.3 Å². The average molecular weight is 284 g/mol. The summed E-state index contributed by atoms with van der Waals surface area (Å²) in [5.41, 5.74) is 0. The van der Waals surface area contributed by atoms with Gasteiger partial charge in [-0.2, -0.15) is 0 Å². The van der Waals surface area contributed by atoms with Gasteiger partial charge in [-0.25, -0.2) is 4.79 Å². The van der Waals surface area contributed by atoms with Crippen LogP contribution in [-0.4, -0.2) is 29.7 Å². The van der Waals surface area contributed by atoms with Gasteiger partial charge in [-0.15, -0.1) is 0 Å². The van der Waals surface area contributed by atoms with Crippen molar-refractivity contribution in [3.63, 3.8) is 0 Å². The minimum Gasteiger partial charge on any atom is -0.481 e. The van der Waals surface area contributed by atoms with Crippen molar-refractivity contribution >= 4 is 12.0 Å². The molecule has 5 nitrogen and oxygen atoms in total. The summed E-state index contributed by atoms with van der Waals surface area (Å²) in [5, 5.41) is 14.7. The predicted octanol–water partition coefficient (Wildman–Crippen LogP) is 2.61. The van der Waals surface area contributed by atoms with Crippen molar-refractivity contribution in [2.45, 2.75) is 58.9 Å². The largest absolute Gasteiger partial charge is 0.481 e. The van der Waals surface area contributed by atoms with E-state index in [1.165, 1.54) is 19.3 Å². The molecular weight excluding hydrogens is 256 g/mol. The first-order valence-corrected chi connectivity index (χ1v) is 7.64. The van der Waals surface area contributed by atoms with E-state index in [9.17, 15) is 9.59 Å². The molecule has 0 radical (unpaired) electrons. The van der Waals surface area contributed by atoms with Crippen molar-refractivity contribution in [3.8, 4) is 0 Å². The Morgan fingerprint density at radius 1 is 1.25 bits per heavy atom. The van der Waals surface area contributed by atoms with Crippen LogP contribution in [0.1, 0.15) is 52.9 Å². The third kappa shape index (κ3) is 6.26. The molecular formula is C15H28N2O3. The van der Waals surface area contributed by atoms with Crippen LogP contribution in [0.3, 0.4) is 0 Å². The number of carbonyl (C=O) groups excluding carboxylic acids is 1. The molecule has 0 aliphatic heterocycles. The molecule has 0 aromatic heterocycles. The normalized spacial score (nSPS) is 18.2. The lowest BCUT2D eigenvalue weighted by Gasteiger charge is -2.32. The van der Waals surface area contributed by atoms with Crippen LogP contribution in [0.15, 0.2) is 0 Å². The number of carboxylic acids is 1. The molecule has 0 heterocycles. The standard InChI is InChI=1S/C15H28N2O3/c1-10(2)7-12(8-14(18)19)9-16-15(20)17-11(3)13-5-4-6-13/h10-13H,4-9H2,1-3H3,(H,18,19)(H2,16,17,20)/t11?,12-/m0/s1. The van der Waals surface area contributed by atoms with E-state index in [0.717, 1.165) is 6.42 Å². The van der Waals surface area contributed by atoms with Crippen LogP contribution in [0.25, 0.3) is 0 Å². The number of urea groups is 1. The van der Waals surface area contributed by atoms with Crippen LogP contribution >= 0.6 is 0 Å².